The highest BCUT2D eigenvalue weighted by molar-refractivity contribution is 7.14. The molecule has 0 aliphatic carbocycles. The monoisotopic (exact) mass is 275 g/mol. The highest BCUT2D eigenvalue weighted by atomic mass is 32.1. The van der Waals surface area contributed by atoms with Gasteiger partial charge in [0.05, 0.1) is 5.69 Å². The lowest BCUT2D eigenvalue weighted by molar-refractivity contribution is -0.131. The second kappa shape index (κ2) is 5.87. The second-order valence-electron chi connectivity index (χ2n) is 3.43. The van der Waals surface area contributed by atoms with Crippen molar-refractivity contribution < 1.29 is 14.7 Å². The minimum Gasteiger partial charge on any atom is -0.478 e. The Balaban J connectivity index is 2.06. The number of hydrogen-bond donors (Lipinski definition) is 2. The number of amides is 1. The first-order valence-electron chi connectivity index (χ1n) is 5.23. The van der Waals surface area contributed by atoms with Crippen molar-refractivity contribution in [1.29, 1.82) is 0 Å². The molecule has 0 saturated carbocycles. The number of aliphatic carboxylic acids is 1. The summed E-state index contributed by atoms with van der Waals surface area (Å²) in [5.41, 5.74) is 1.62. The van der Waals surface area contributed by atoms with Crippen LogP contribution in [0.2, 0.25) is 0 Å². The third kappa shape index (κ3) is 3.71. The number of carbonyl (C=O) groups excluding carboxylic acids is 1. The topological polar surface area (TPSA) is 92.2 Å². The van der Waals surface area contributed by atoms with Crippen molar-refractivity contribution in [2.24, 2.45) is 0 Å². The van der Waals surface area contributed by atoms with E-state index in [1.54, 1.807) is 17.8 Å². The lowest BCUT2D eigenvalue weighted by atomic mass is 10.2. The maximum Gasteiger partial charge on any atom is 0.328 e. The quantitative estimate of drug-likeness (QED) is 0.830. The Kier molecular flexibility index (Phi) is 3.99. The molecule has 0 aliphatic heterocycles. The van der Waals surface area contributed by atoms with Gasteiger partial charge in [-0.15, -0.1) is 11.3 Å². The van der Waals surface area contributed by atoms with Crippen molar-refractivity contribution in [3.05, 3.63) is 42.1 Å². The molecule has 96 valence electrons. The van der Waals surface area contributed by atoms with Crippen molar-refractivity contribution >= 4 is 28.3 Å². The van der Waals surface area contributed by atoms with Gasteiger partial charge in [0.2, 0.25) is 5.91 Å². The lowest BCUT2D eigenvalue weighted by Gasteiger charge is -1.96. The van der Waals surface area contributed by atoms with Crippen LogP contribution in [-0.4, -0.2) is 27.0 Å². The van der Waals surface area contributed by atoms with E-state index in [9.17, 15) is 9.59 Å². The van der Waals surface area contributed by atoms with Gasteiger partial charge in [0.25, 0.3) is 0 Å². The second-order valence-corrected chi connectivity index (χ2v) is 4.29. The van der Waals surface area contributed by atoms with Crippen molar-refractivity contribution in [2.45, 2.75) is 0 Å². The molecular formula is C12H9N3O3S. The van der Waals surface area contributed by atoms with Crippen molar-refractivity contribution in [1.82, 2.24) is 9.97 Å². The van der Waals surface area contributed by atoms with E-state index in [0.29, 0.717) is 5.13 Å². The van der Waals surface area contributed by atoms with E-state index < -0.39 is 11.9 Å². The molecule has 19 heavy (non-hydrogen) atoms. The number of carboxylic acid groups (broad SMARTS) is 1. The lowest BCUT2D eigenvalue weighted by Crippen LogP contribution is -2.08. The summed E-state index contributed by atoms with van der Waals surface area (Å²) in [6, 6.07) is 3.62. The third-order valence-electron chi connectivity index (χ3n) is 2.09. The van der Waals surface area contributed by atoms with Crippen LogP contribution >= 0.6 is 11.3 Å². The Morgan fingerprint density at radius 3 is 2.68 bits per heavy atom. The Hall–Kier alpha value is -2.54. The predicted molar refractivity (Wildman–Crippen MR) is 70.8 cm³/mol. The highest BCUT2D eigenvalue weighted by Gasteiger charge is 2.06. The number of thiazole rings is 1. The summed E-state index contributed by atoms with van der Waals surface area (Å²) in [4.78, 5) is 29.8. The van der Waals surface area contributed by atoms with Gasteiger partial charge >= 0.3 is 5.97 Å². The number of carboxylic acids is 1. The molecule has 6 nitrogen and oxygen atoms in total. The van der Waals surface area contributed by atoms with Crippen molar-refractivity contribution in [3.8, 4) is 11.3 Å². The van der Waals surface area contributed by atoms with E-state index in [1.807, 2.05) is 12.1 Å². The summed E-state index contributed by atoms with van der Waals surface area (Å²) in [5.74, 6) is -1.70. The molecule has 0 spiro atoms. The molecule has 2 aromatic rings. The zero-order valence-corrected chi connectivity index (χ0v) is 10.4. The number of pyridine rings is 1. The number of nitrogens with one attached hydrogen (secondary N) is 1. The average molecular weight is 275 g/mol. The molecule has 2 aromatic heterocycles. The summed E-state index contributed by atoms with van der Waals surface area (Å²) < 4.78 is 0. The molecule has 0 atom stereocenters. The summed E-state index contributed by atoms with van der Waals surface area (Å²) >= 11 is 1.26. The number of carbonyl (C=O) groups is 2. The Bertz CT molecular complexity index is 622. The molecule has 0 radical (unpaired) electrons. The number of hydrogen-bond acceptors (Lipinski definition) is 5. The first-order valence-corrected chi connectivity index (χ1v) is 6.11. The molecule has 0 unspecified atom stereocenters. The maximum atomic E-state index is 11.4. The number of rotatable bonds is 4. The number of nitrogens with zero attached hydrogens (tertiary/aromatic N) is 2. The zero-order valence-electron chi connectivity index (χ0n) is 9.61. The number of anilines is 1. The third-order valence-corrected chi connectivity index (χ3v) is 2.85. The van der Waals surface area contributed by atoms with E-state index in [2.05, 4.69) is 15.3 Å². The average Bonchev–Trinajstić information content (AvgIpc) is 2.86. The van der Waals surface area contributed by atoms with Crippen LogP contribution in [0.3, 0.4) is 0 Å². The van der Waals surface area contributed by atoms with Crippen LogP contribution in [0, 0.1) is 0 Å². The molecule has 2 heterocycles. The van der Waals surface area contributed by atoms with Crippen LogP contribution in [-0.2, 0) is 9.59 Å². The van der Waals surface area contributed by atoms with Crippen molar-refractivity contribution in [3.63, 3.8) is 0 Å². The normalized spacial score (nSPS) is 10.5. The van der Waals surface area contributed by atoms with Gasteiger partial charge in [-0.3, -0.25) is 15.1 Å². The first kappa shape index (κ1) is 12.9. The molecule has 2 rings (SSSR count). The van der Waals surface area contributed by atoms with Crippen LogP contribution in [0.15, 0.2) is 42.1 Å². The molecule has 0 fully saturated rings. The van der Waals surface area contributed by atoms with E-state index in [4.69, 9.17) is 5.11 Å². The summed E-state index contributed by atoms with van der Waals surface area (Å²) in [6.07, 6.45) is 5.02. The highest BCUT2D eigenvalue weighted by Crippen LogP contribution is 2.24. The minimum atomic E-state index is -1.17. The molecule has 0 aliphatic rings. The van der Waals surface area contributed by atoms with Crippen LogP contribution < -0.4 is 5.32 Å². The first-order chi connectivity index (χ1) is 9.15. The fourth-order valence-electron chi connectivity index (χ4n) is 1.28. The molecule has 0 aromatic carbocycles. The molecule has 0 bridgehead atoms. The van der Waals surface area contributed by atoms with Gasteiger partial charge in [-0.25, -0.2) is 9.78 Å². The van der Waals surface area contributed by atoms with Crippen LogP contribution in [0.1, 0.15) is 0 Å². The van der Waals surface area contributed by atoms with Crippen molar-refractivity contribution in [2.75, 3.05) is 5.32 Å². The van der Waals surface area contributed by atoms with Gasteiger partial charge in [0.1, 0.15) is 0 Å². The largest absolute Gasteiger partial charge is 0.478 e. The smallest absolute Gasteiger partial charge is 0.328 e. The van der Waals surface area contributed by atoms with E-state index in [-0.39, 0.29) is 0 Å². The SMILES string of the molecule is O=C(O)C=CC(=O)Nc1nc(-c2ccncc2)cs1. The molecule has 2 N–H and O–H groups in total. The van der Waals surface area contributed by atoms with E-state index >= 15 is 0 Å². The fraction of sp³-hybridized carbons (Fsp3) is 0. The van der Waals surface area contributed by atoms with Crippen LogP contribution in [0.4, 0.5) is 5.13 Å². The minimum absolute atomic E-state index is 0.409. The van der Waals surface area contributed by atoms with E-state index in [0.717, 1.165) is 23.4 Å². The van der Waals surface area contributed by atoms with E-state index in [1.165, 1.54) is 11.3 Å². The van der Waals surface area contributed by atoms with Gasteiger partial charge in [-0.1, -0.05) is 0 Å². The number of aromatic nitrogens is 2. The van der Waals surface area contributed by atoms with Gasteiger partial charge in [-0.05, 0) is 12.1 Å². The molecular weight excluding hydrogens is 266 g/mol. The summed E-state index contributed by atoms with van der Waals surface area (Å²) in [6.45, 7) is 0. The summed E-state index contributed by atoms with van der Waals surface area (Å²) in [7, 11) is 0. The standard InChI is InChI=1S/C12H9N3O3S/c16-10(1-2-11(17)18)15-12-14-9(7-19-12)8-3-5-13-6-4-8/h1-7H,(H,17,18)(H,14,15,16). The Labute approximate surface area is 112 Å². The summed E-state index contributed by atoms with van der Waals surface area (Å²) in [5, 5.41) is 13.1. The van der Waals surface area contributed by atoms with Gasteiger partial charge in [-0.2, -0.15) is 0 Å². The zero-order chi connectivity index (χ0) is 13.7. The molecule has 1 amide bonds. The van der Waals surface area contributed by atoms with Crippen LogP contribution in [0.25, 0.3) is 11.3 Å². The Morgan fingerprint density at radius 2 is 2.00 bits per heavy atom. The van der Waals surface area contributed by atoms with Gasteiger partial charge in [0, 0.05) is 35.5 Å². The molecule has 7 heteroatoms. The predicted octanol–water partition coefficient (Wildman–Crippen LogP) is 1.78. The van der Waals surface area contributed by atoms with Crippen LogP contribution in [0.5, 0.6) is 0 Å². The molecule has 0 saturated heterocycles. The van der Waals surface area contributed by atoms with Gasteiger partial charge < -0.3 is 5.11 Å². The Morgan fingerprint density at radius 1 is 1.26 bits per heavy atom. The maximum absolute atomic E-state index is 11.4. The fourth-order valence-corrected chi connectivity index (χ4v) is 2.00. The van der Waals surface area contributed by atoms with Gasteiger partial charge in [0.15, 0.2) is 5.13 Å².